The summed E-state index contributed by atoms with van der Waals surface area (Å²) in [6, 6.07) is 20.5. The van der Waals surface area contributed by atoms with Crippen molar-refractivity contribution >= 4 is 17.5 Å². The van der Waals surface area contributed by atoms with Gasteiger partial charge in [-0.2, -0.15) is 0 Å². The molecular weight excluding hydrogens is 370 g/mol. The normalized spacial score (nSPS) is 15.7. The summed E-state index contributed by atoms with van der Waals surface area (Å²) < 4.78 is 11.4. The quantitative estimate of drug-likeness (QED) is 0.742. The fourth-order valence-corrected chi connectivity index (χ4v) is 3.00. The van der Waals surface area contributed by atoms with Gasteiger partial charge in [0.05, 0.1) is 5.69 Å². The molecule has 1 N–H and O–H groups in total. The molecule has 29 heavy (non-hydrogen) atoms. The fourth-order valence-electron chi connectivity index (χ4n) is 3.00. The van der Waals surface area contributed by atoms with Gasteiger partial charge in [0.2, 0.25) is 5.88 Å². The SMILES string of the molecule is CN1C(=O)C(NC(=O)c2cccc(Oc3ccccc3)n2)COc2ccccc21. The van der Waals surface area contributed by atoms with Gasteiger partial charge in [-0.05, 0) is 30.3 Å². The Morgan fingerprint density at radius 1 is 1.07 bits per heavy atom. The number of hydrogen-bond donors (Lipinski definition) is 1. The van der Waals surface area contributed by atoms with Crippen molar-refractivity contribution in [2.45, 2.75) is 6.04 Å². The van der Waals surface area contributed by atoms with Gasteiger partial charge >= 0.3 is 0 Å². The number of aromatic nitrogens is 1. The number of anilines is 1. The van der Waals surface area contributed by atoms with Crippen LogP contribution >= 0.6 is 0 Å². The maximum absolute atomic E-state index is 12.8. The van der Waals surface area contributed by atoms with E-state index in [0.29, 0.717) is 17.2 Å². The molecule has 1 aliphatic rings. The second-order valence-corrected chi connectivity index (χ2v) is 6.48. The van der Waals surface area contributed by atoms with Crippen LogP contribution in [0.5, 0.6) is 17.4 Å². The number of fused-ring (bicyclic) bond motifs is 1. The molecule has 0 saturated carbocycles. The number of rotatable bonds is 4. The van der Waals surface area contributed by atoms with Crippen molar-refractivity contribution < 1.29 is 19.1 Å². The summed E-state index contributed by atoms with van der Waals surface area (Å²) >= 11 is 0. The number of ether oxygens (including phenoxy) is 2. The number of nitrogens with zero attached hydrogens (tertiary/aromatic N) is 2. The lowest BCUT2D eigenvalue weighted by atomic mass is 10.2. The molecule has 0 bridgehead atoms. The van der Waals surface area contributed by atoms with E-state index in [4.69, 9.17) is 9.47 Å². The van der Waals surface area contributed by atoms with Crippen LogP contribution in [0, 0.1) is 0 Å². The maximum Gasteiger partial charge on any atom is 0.270 e. The summed E-state index contributed by atoms with van der Waals surface area (Å²) in [5.41, 5.74) is 0.807. The molecule has 0 fully saturated rings. The molecule has 2 amide bonds. The van der Waals surface area contributed by atoms with Crippen molar-refractivity contribution in [3.8, 4) is 17.4 Å². The number of nitrogens with one attached hydrogen (secondary N) is 1. The van der Waals surface area contributed by atoms with Crippen molar-refractivity contribution in [3.63, 3.8) is 0 Å². The molecule has 2 aromatic carbocycles. The molecule has 1 unspecified atom stereocenters. The molecule has 1 aromatic heterocycles. The van der Waals surface area contributed by atoms with E-state index in [0.717, 1.165) is 0 Å². The Hall–Kier alpha value is -3.87. The lowest BCUT2D eigenvalue weighted by Crippen LogP contribution is -2.49. The third kappa shape index (κ3) is 4.03. The highest BCUT2D eigenvalue weighted by atomic mass is 16.5. The largest absolute Gasteiger partial charge is 0.489 e. The van der Waals surface area contributed by atoms with Crippen molar-refractivity contribution in [2.24, 2.45) is 0 Å². The van der Waals surface area contributed by atoms with Gasteiger partial charge in [-0.3, -0.25) is 9.59 Å². The number of benzene rings is 2. The van der Waals surface area contributed by atoms with Crippen LogP contribution < -0.4 is 19.7 Å². The van der Waals surface area contributed by atoms with Crippen LogP contribution in [0.15, 0.2) is 72.8 Å². The Bertz CT molecular complexity index is 1040. The predicted molar refractivity (Wildman–Crippen MR) is 107 cm³/mol. The van der Waals surface area contributed by atoms with E-state index in [2.05, 4.69) is 10.3 Å². The van der Waals surface area contributed by atoms with E-state index in [-0.39, 0.29) is 24.1 Å². The Kier molecular flexibility index (Phi) is 5.11. The average Bonchev–Trinajstić information content (AvgIpc) is 2.87. The Morgan fingerprint density at radius 3 is 2.66 bits per heavy atom. The van der Waals surface area contributed by atoms with Gasteiger partial charge < -0.3 is 19.7 Å². The van der Waals surface area contributed by atoms with E-state index in [1.165, 1.54) is 4.90 Å². The lowest BCUT2D eigenvalue weighted by Gasteiger charge is -2.20. The first-order chi connectivity index (χ1) is 14.1. The molecule has 0 spiro atoms. The number of carbonyl (C=O) groups excluding carboxylic acids is 2. The molecule has 0 saturated heterocycles. The van der Waals surface area contributed by atoms with Gasteiger partial charge in [-0.1, -0.05) is 36.4 Å². The first-order valence-corrected chi connectivity index (χ1v) is 9.12. The van der Waals surface area contributed by atoms with Crippen LogP contribution in [0.1, 0.15) is 10.5 Å². The van der Waals surface area contributed by atoms with Crippen LogP contribution in [-0.2, 0) is 4.79 Å². The second-order valence-electron chi connectivity index (χ2n) is 6.48. The fraction of sp³-hybridized carbons (Fsp3) is 0.136. The lowest BCUT2D eigenvalue weighted by molar-refractivity contribution is -0.120. The smallest absolute Gasteiger partial charge is 0.270 e. The van der Waals surface area contributed by atoms with Gasteiger partial charge in [0, 0.05) is 13.1 Å². The second kappa shape index (κ2) is 8.02. The molecule has 7 nitrogen and oxygen atoms in total. The molecule has 4 rings (SSSR count). The number of para-hydroxylation sites is 3. The van der Waals surface area contributed by atoms with E-state index in [9.17, 15) is 9.59 Å². The van der Waals surface area contributed by atoms with Crippen molar-refractivity contribution in [3.05, 3.63) is 78.5 Å². The number of hydrogen-bond acceptors (Lipinski definition) is 5. The predicted octanol–water partition coefficient (Wildman–Crippen LogP) is 3.03. The summed E-state index contributed by atoms with van der Waals surface area (Å²) in [4.78, 5) is 31.2. The number of likely N-dealkylation sites (N-methyl/N-ethyl adjacent to an activating group) is 1. The van der Waals surface area contributed by atoms with Gasteiger partial charge in [0.15, 0.2) is 0 Å². The minimum absolute atomic E-state index is 0.0339. The Morgan fingerprint density at radius 2 is 1.83 bits per heavy atom. The van der Waals surface area contributed by atoms with Crippen molar-refractivity contribution in [1.82, 2.24) is 10.3 Å². The van der Waals surface area contributed by atoms with Crippen LogP contribution in [0.3, 0.4) is 0 Å². The molecule has 3 aromatic rings. The molecule has 0 aliphatic carbocycles. The van der Waals surface area contributed by atoms with Crippen LogP contribution in [0.25, 0.3) is 0 Å². The highest BCUT2D eigenvalue weighted by Gasteiger charge is 2.30. The molecule has 1 aliphatic heterocycles. The zero-order valence-corrected chi connectivity index (χ0v) is 15.7. The molecule has 2 heterocycles. The monoisotopic (exact) mass is 389 g/mol. The van der Waals surface area contributed by atoms with Crippen LogP contribution in [-0.4, -0.2) is 36.5 Å². The summed E-state index contributed by atoms with van der Waals surface area (Å²) in [6.07, 6.45) is 0. The van der Waals surface area contributed by atoms with Crippen LogP contribution in [0.4, 0.5) is 5.69 Å². The van der Waals surface area contributed by atoms with Gasteiger partial charge in [-0.25, -0.2) is 4.98 Å². The first-order valence-electron chi connectivity index (χ1n) is 9.12. The van der Waals surface area contributed by atoms with E-state index in [1.807, 2.05) is 30.3 Å². The minimum Gasteiger partial charge on any atom is -0.489 e. The third-order valence-corrected chi connectivity index (χ3v) is 4.49. The van der Waals surface area contributed by atoms with Crippen molar-refractivity contribution in [2.75, 3.05) is 18.6 Å². The molecule has 7 heteroatoms. The van der Waals surface area contributed by atoms with Crippen LogP contribution in [0.2, 0.25) is 0 Å². The van der Waals surface area contributed by atoms with E-state index in [1.54, 1.807) is 49.5 Å². The van der Waals surface area contributed by atoms with E-state index >= 15 is 0 Å². The van der Waals surface area contributed by atoms with Gasteiger partial charge in [0.25, 0.3) is 11.8 Å². The standard InChI is InChI=1S/C22H19N3O4/c1-25-18-11-5-6-12-19(18)28-14-17(22(25)27)24-21(26)16-10-7-13-20(23-16)29-15-8-3-2-4-9-15/h2-13,17H,14H2,1H3,(H,24,26). The average molecular weight is 389 g/mol. The van der Waals surface area contributed by atoms with Gasteiger partial charge in [-0.15, -0.1) is 0 Å². The van der Waals surface area contributed by atoms with Gasteiger partial charge in [0.1, 0.15) is 29.8 Å². The number of amides is 2. The van der Waals surface area contributed by atoms with E-state index < -0.39 is 11.9 Å². The number of carbonyl (C=O) groups is 2. The van der Waals surface area contributed by atoms with Crippen molar-refractivity contribution in [1.29, 1.82) is 0 Å². The third-order valence-electron chi connectivity index (χ3n) is 4.49. The Balaban J connectivity index is 1.48. The molecular formula is C22H19N3O4. The number of pyridine rings is 1. The first kappa shape index (κ1) is 18.5. The Labute approximate surface area is 167 Å². The summed E-state index contributed by atoms with van der Waals surface area (Å²) in [5.74, 6) is 0.752. The summed E-state index contributed by atoms with van der Waals surface area (Å²) in [6.45, 7) is 0.0339. The molecule has 1 atom stereocenters. The highest BCUT2D eigenvalue weighted by molar-refractivity contribution is 6.02. The molecule has 146 valence electrons. The minimum atomic E-state index is -0.833. The highest BCUT2D eigenvalue weighted by Crippen LogP contribution is 2.29. The zero-order valence-electron chi connectivity index (χ0n) is 15.7. The molecule has 0 radical (unpaired) electrons. The summed E-state index contributed by atoms with van der Waals surface area (Å²) in [7, 11) is 1.65. The zero-order chi connectivity index (χ0) is 20.2. The topological polar surface area (TPSA) is 80.8 Å². The maximum atomic E-state index is 12.8. The summed E-state index contributed by atoms with van der Waals surface area (Å²) in [5, 5.41) is 2.71.